The fourth-order valence-corrected chi connectivity index (χ4v) is 3.64. The van der Waals surface area contributed by atoms with E-state index < -0.39 is 16.2 Å². The molecule has 0 aromatic heterocycles. The quantitative estimate of drug-likeness (QED) is 0.887. The van der Waals surface area contributed by atoms with Crippen LogP contribution in [0.3, 0.4) is 0 Å². The standard InChI is InChI=1S/C13H18N2O4S/c1-10-3-2-8-15(9-10)20(18,19)14-12-6-4-11(5-7-12)13(16)17/h4-7,10,14H,2-3,8-9H2,1H3,(H,16,17)/t10-/m1/s1. The second kappa shape index (κ2) is 5.80. The average molecular weight is 298 g/mol. The van der Waals surface area contributed by atoms with Gasteiger partial charge in [-0.15, -0.1) is 0 Å². The number of aromatic carboxylic acids is 1. The largest absolute Gasteiger partial charge is 0.478 e. The van der Waals surface area contributed by atoms with Crippen molar-refractivity contribution >= 4 is 21.9 Å². The SMILES string of the molecule is C[C@@H]1CCCN(S(=O)(=O)Nc2ccc(C(=O)O)cc2)C1. The molecule has 1 heterocycles. The fourth-order valence-electron chi connectivity index (χ4n) is 2.26. The van der Waals surface area contributed by atoms with Gasteiger partial charge >= 0.3 is 16.2 Å². The zero-order chi connectivity index (χ0) is 14.8. The number of carboxylic acids is 1. The Morgan fingerprint density at radius 1 is 1.35 bits per heavy atom. The van der Waals surface area contributed by atoms with Crippen molar-refractivity contribution in [2.24, 2.45) is 5.92 Å². The number of hydrogen-bond acceptors (Lipinski definition) is 3. The molecule has 1 aromatic carbocycles. The van der Waals surface area contributed by atoms with E-state index in [4.69, 9.17) is 5.11 Å². The Bertz CT molecular complexity index is 583. The molecule has 0 spiro atoms. The highest BCUT2D eigenvalue weighted by Crippen LogP contribution is 2.20. The zero-order valence-electron chi connectivity index (χ0n) is 11.2. The van der Waals surface area contributed by atoms with Crippen LogP contribution in [0.15, 0.2) is 24.3 Å². The topological polar surface area (TPSA) is 86.7 Å². The smallest absolute Gasteiger partial charge is 0.335 e. The molecule has 1 aliphatic heterocycles. The van der Waals surface area contributed by atoms with E-state index in [1.54, 1.807) is 0 Å². The first-order valence-corrected chi connectivity index (χ1v) is 7.94. The third-order valence-corrected chi connectivity index (χ3v) is 4.84. The molecule has 6 nitrogen and oxygen atoms in total. The third-order valence-electron chi connectivity index (χ3n) is 3.34. The molecule has 1 aliphatic rings. The van der Waals surface area contributed by atoms with Crippen LogP contribution in [0.1, 0.15) is 30.1 Å². The highest BCUT2D eigenvalue weighted by molar-refractivity contribution is 7.90. The lowest BCUT2D eigenvalue weighted by Crippen LogP contribution is -2.42. The number of nitrogens with one attached hydrogen (secondary N) is 1. The van der Waals surface area contributed by atoms with Crippen molar-refractivity contribution in [3.63, 3.8) is 0 Å². The summed E-state index contributed by atoms with van der Waals surface area (Å²) in [6.07, 6.45) is 1.90. The Morgan fingerprint density at radius 2 is 2.00 bits per heavy atom. The van der Waals surface area contributed by atoms with Crippen molar-refractivity contribution in [3.8, 4) is 0 Å². The Morgan fingerprint density at radius 3 is 2.55 bits per heavy atom. The number of carbonyl (C=O) groups is 1. The first kappa shape index (κ1) is 14.8. The molecular formula is C13H18N2O4S. The number of carboxylic acid groups (broad SMARTS) is 1. The van der Waals surface area contributed by atoms with Crippen LogP contribution < -0.4 is 4.72 Å². The lowest BCUT2D eigenvalue weighted by molar-refractivity contribution is 0.0697. The van der Waals surface area contributed by atoms with E-state index in [2.05, 4.69) is 4.72 Å². The molecular weight excluding hydrogens is 280 g/mol. The number of hydrogen-bond donors (Lipinski definition) is 2. The van der Waals surface area contributed by atoms with Crippen LogP contribution in [0.2, 0.25) is 0 Å². The maximum absolute atomic E-state index is 12.2. The summed E-state index contributed by atoms with van der Waals surface area (Å²) in [6.45, 7) is 3.07. The highest BCUT2D eigenvalue weighted by Gasteiger charge is 2.26. The van der Waals surface area contributed by atoms with Crippen molar-refractivity contribution in [1.82, 2.24) is 4.31 Å². The van der Waals surface area contributed by atoms with E-state index in [1.165, 1.54) is 28.6 Å². The van der Waals surface area contributed by atoms with Gasteiger partial charge in [0, 0.05) is 18.8 Å². The molecule has 0 saturated carbocycles. The van der Waals surface area contributed by atoms with E-state index >= 15 is 0 Å². The maximum atomic E-state index is 12.2. The fraction of sp³-hybridized carbons (Fsp3) is 0.462. The summed E-state index contributed by atoms with van der Waals surface area (Å²) in [5.41, 5.74) is 0.493. The molecule has 0 unspecified atom stereocenters. The van der Waals surface area contributed by atoms with Crippen LogP contribution in [0, 0.1) is 5.92 Å². The van der Waals surface area contributed by atoms with Crippen LogP contribution in [0.5, 0.6) is 0 Å². The molecule has 2 N–H and O–H groups in total. The molecule has 0 amide bonds. The Balaban J connectivity index is 2.09. The predicted molar refractivity (Wildman–Crippen MR) is 75.9 cm³/mol. The predicted octanol–water partition coefficient (Wildman–Crippen LogP) is 1.77. The number of piperidine rings is 1. The number of anilines is 1. The molecule has 1 aromatic rings. The Labute approximate surface area is 118 Å². The minimum absolute atomic E-state index is 0.125. The summed E-state index contributed by atoms with van der Waals surface area (Å²) in [4.78, 5) is 10.7. The van der Waals surface area contributed by atoms with E-state index in [-0.39, 0.29) is 5.56 Å². The molecule has 20 heavy (non-hydrogen) atoms. The summed E-state index contributed by atoms with van der Waals surface area (Å²) in [6, 6.07) is 5.65. The Kier molecular flexibility index (Phi) is 4.29. The van der Waals surface area contributed by atoms with Gasteiger partial charge < -0.3 is 5.11 Å². The third kappa shape index (κ3) is 3.49. The second-order valence-electron chi connectivity index (χ2n) is 5.10. The van der Waals surface area contributed by atoms with Gasteiger partial charge in [0.25, 0.3) is 0 Å². The van der Waals surface area contributed by atoms with Crippen LogP contribution in [0.4, 0.5) is 5.69 Å². The van der Waals surface area contributed by atoms with Gasteiger partial charge in [0.05, 0.1) is 5.56 Å². The van der Waals surface area contributed by atoms with Crippen molar-refractivity contribution in [3.05, 3.63) is 29.8 Å². The van der Waals surface area contributed by atoms with E-state index in [1.807, 2.05) is 6.92 Å². The summed E-state index contributed by atoms with van der Waals surface area (Å²) in [7, 11) is -3.57. The van der Waals surface area contributed by atoms with Crippen LogP contribution in [-0.4, -0.2) is 36.9 Å². The average Bonchev–Trinajstić information content (AvgIpc) is 2.39. The first-order valence-electron chi connectivity index (χ1n) is 6.50. The molecule has 0 aliphatic carbocycles. The van der Waals surface area contributed by atoms with Crippen LogP contribution in [0.25, 0.3) is 0 Å². The summed E-state index contributed by atoms with van der Waals surface area (Å²) >= 11 is 0. The van der Waals surface area contributed by atoms with Gasteiger partial charge in [-0.1, -0.05) is 6.92 Å². The van der Waals surface area contributed by atoms with Gasteiger partial charge in [-0.25, -0.2) is 4.79 Å². The van der Waals surface area contributed by atoms with Gasteiger partial charge in [0.15, 0.2) is 0 Å². The van der Waals surface area contributed by atoms with Crippen molar-refractivity contribution in [1.29, 1.82) is 0 Å². The molecule has 0 bridgehead atoms. The summed E-state index contributed by atoms with van der Waals surface area (Å²) in [5, 5.41) is 8.79. The monoisotopic (exact) mass is 298 g/mol. The lowest BCUT2D eigenvalue weighted by Gasteiger charge is -2.30. The molecule has 1 fully saturated rings. The van der Waals surface area contributed by atoms with Gasteiger partial charge in [-0.2, -0.15) is 12.7 Å². The number of benzene rings is 1. The molecule has 2 rings (SSSR count). The van der Waals surface area contributed by atoms with E-state index in [0.29, 0.717) is 24.7 Å². The van der Waals surface area contributed by atoms with Crippen molar-refractivity contribution < 1.29 is 18.3 Å². The number of rotatable bonds is 4. The van der Waals surface area contributed by atoms with E-state index in [0.717, 1.165) is 12.8 Å². The first-order chi connectivity index (χ1) is 9.38. The van der Waals surface area contributed by atoms with Crippen LogP contribution >= 0.6 is 0 Å². The van der Waals surface area contributed by atoms with E-state index in [9.17, 15) is 13.2 Å². The minimum atomic E-state index is -3.57. The second-order valence-corrected chi connectivity index (χ2v) is 6.77. The number of nitrogens with zero attached hydrogens (tertiary/aromatic N) is 1. The molecule has 1 atom stereocenters. The van der Waals surface area contributed by atoms with Crippen molar-refractivity contribution in [2.75, 3.05) is 17.8 Å². The van der Waals surface area contributed by atoms with Crippen molar-refractivity contribution in [2.45, 2.75) is 19.8 Å². The minimum Gasteiger partial charge on any atom is -0.478 e. The normalized spacial score (nSPS) is 20.6. The van der Waals surface area contributed by atoms with Crippen LogP contribution in [-0.2, 0) is 10.2 Å². The molecule has 7 heteroatoms. The van der Waals surface area contributed by atoms with Gasteiger partial charge in [-0.3, -0.25) is 4.72 Å². The zero-order valence-corrected chi connectivity index (χ0v) is 12.1. The molecule has 110 valence electrons. The summed E-state index contributed by atoms with van der Waals surface area (Å²) in [5.74, 6) is -0.682. The molecule has 0 radical (unpaired) electrons. The van der Waals surface area contributed by atoms with Gasteiger partial charge in [-0.05, 0) is 43.0 Å². The Hall–Kier alpha value is -1.60. The highest BCUT2D eigenvalue weighted by atomic mass is 32.2. The van der Waals surface area contributed by atoms with Gasteiger partial charge in [0.1, 0.15) is 0 Å². The maximum Gasteiger partial charge on any atom is 0.335 e. The van der Waals surface area contributed by atoms with Gasteiger partial charge in [0.2, 0.25) is 0 Å². The lowest BCUT2D eigenvalue weighted by atomic mass is 10.0. The summed E-state index contributed by atoms with van der Waals surface area (Å²) < 4.78 is 28.4. The molecule has 1 saturated heterocycles.